The summed E-state index contributed by atoms with van der Waals surface area (Å²) in [6.07, 6.45) is 0.476. The molecule has 0 amide bonds. The molecule has 0 spiro atoms. The molecule has 0 heterocycles. The second-order valence-corrected chi connectivity index (χ2v) is 5.94. The summed E-state index contributed by atoms with van der Waals surface area (Å²) in [5.41, 5.74) is 1.62. The zero-order valence-corrected chi connectivity index (χ0v) is 13.9. The fourth-order valence-electron chi connectivity index (χ4n) is 2.30. The van der Waals surface area contributed by atoms with Gasteiger partial charge in [0, 0.05) is 22.4 Å². The summed E-state index contributed by atoms with van der Waals surface area (Å²) in [6, 6.07) is 16.8. The van der Waals surface area contributed by atoms with E-state index in [1.54, 1.807) is 12.1 Å². The van der Waals surface area contributed by atoms with E-state index < -0.39 is 0 Å². The van der Waals surface area contributed by atoms with Gasteiger partial charge in [-0.05, 0) is 17.7 Å². The monoisotopic (exact) mass is 360 g/mol. The number of carbonyl (C=O) groups excluding carboxylic acids is 2. The highest BCUT2D eigenvalue weighted by molar-refractivity contribution is 9.10. The van der Waals surface area contributed by atoms with Gasteiger partial charge in [-0.3, -0.25) is 9.59 Å². The van der Waals surface area contributed by atoms with Crippen LogP contribution in [-0.4, -0.2) is 18.9 Å². The molecule has 0 aliphatic rings. The summed E-state index contributed by atoms with van der Waals surface area (Å²) >= 11 is 3.35. The minimum absolute atomic E-state index is 0.0188. The summed E-state index contributed by atoms with van der Waals surface area (Å²) in [7, 11) is 1.36. The Morgan fingerprint density at radius 2 is 1.64 bits per heavy atom. The maximum Gasteiger partial charge on any atom is 0.306 e. The molecule has 114 valence electrons. The molecule has 1 unspecified atom stereocenters. The molecular weight excluding hydrogens is 344 g/mol. The van der Waals surface area contributed by atoms with E-state index in [1.807, 2.05) is 42.5 Å². The van der Waals surface area contributed by atoms with Crippen LogP contribution in [0.15, 0.2) is 59.1 Å². The average molecular weight is 361 g/mol. The standard InChI is InChI=1S/C18H17BrO3/c1-22-18(21)12-15(13-5-3-2-4-6-13)11-17(20)14-7-9-16(19)10-8-14/h2-10,15H,11-12H2,1H3. The maximum atomic E-state index is 12.4. The van der Waals surface area contributed by atoms with Crippen molar-refractivity contribution in [3.63, 3.8) is 0 Å². The van der Waals surface area contributed by atoms with E-state index in [9.17, 15) is 9.59 Å². The van der Waals surface area contributed by atoms with Crippen molar-refractivity contribution >= 4 is 27.7 Å². The number of halogens is 1. The van der Waals surface area contributed by atoms with Crippen LogP contribution in [0.2, 0.25) is 0 Å². The molecule has 2 rings (SSSR count). The summed E-state index contributed by atoms with van der Waals surface area (Å²) < 4.78 is 5.68. The zero-order chi connectivity index (χ0) is 15.9. The van der Waals surface area contributed by atoms with Crippen molar-refractivity contribution in [1.82, 2.24) is 0 Å². The third-order valence-electron chi connectivity index (χ3n) is 3.51. The van der Waals surface area contributed by atoms with Crippen LogP contribution in [0.25, 0.3) is 0 Å². The lowest BCUT2D eigenvalue weighted by Crippen LogP contribution is -2.13. The molecule has 0 radical (unpaired) electrons. The molecule has 0 aliphatic carbocycles. The lowest BCUT2D eigenvalue weighted by atomic mass is 9.89. The zero-order valence-electron chi connectivity index (χ0n) is 12.3. The van der Waals surface area contributed by atoms with E-state index in [1.165, 1.54) is 7.11 Å². The van der Waals surface area contributed by atoms with Crippen molar-refractivity contribution < 1.29 is 14.3 Å². The Labute approximate surface area is 138 Å². The predicted molar refractivity (Wildman–Crippen MR) is 88.9 cm³/mol. The number of Topliss-reactive ketones (excluding diaryl/α,β-unsaturated/α-hetero) is 1. The fourth-order valence-corrected chi connectivity index (χ4v) is 2.56. The highest BCUT2D eigenvalue weighted by Gasteiger charge is 2.20. The topological polar surface area (TPSA) is 43.4 Å². The quantitative estimate of drug-likeness (QED) is 0.567. The molecule has 0 bridgehead atoms. The van der Waals surface area contributed by atoms with Crippen LogP contribution in [0.5, 0.6) is 0 Å². The van der Waals surface area contributed by atoms with Gasteiger partial charge in [-0.1, -0.05) is 58.4 Å². The van der Waals surface area contributed by atoms with Crippen molar-refractivity contribution in [2.24, 2.45) is 0 Å². The van der Waals surface area contributed by atoms with Crippen molar-refractivity contribution in [2.45, 2.75) is 18.8 Å². The lowest BCUT2D eigenvalue weighted by Gasteiger charge is -2.15. The highest BCUT2D eigenvalue weighted by Crippen LogP contribution is 2.26. The largest absolute Gasteiger partial charge is 0.469 e. The number of esters is 1. The van der Waals surface area contributed by atoms with Gasteiger partial charge in [0.15, 0.2) is 5.78 Å². The maximum absolute atomic E-state index is 12.4. The summed E-state index contributed by atoms with van der Waals surface area (Å²) in [5, 5.41) is 0. The van der Waals surface area contributed by atoms with Gasteiger partial charge in [-0.15, -0.1) is 0 Å². The molecule has 1 atom stereocenters. The molecule has 0 fully saturated rings. The Kier molecular flexibility index (Phi) is 5.90. The minimum atomic E-state index is -0.308. The van der Waals surface area contributed by atoms with Gasteiger partial charge in [0.25, 0.3) is 0 Å². The summed E-state index contributed by atoms with van der Waals surface area (Å²) in [5.74, 6) is -0.465. The van der Waals surface area contributed by atoms with Gasteiger partial charge in [-0.25, -0.2) is 0 Å². The van der Waals surface area contributed by atoms with E-state index in [4.69, 9.17) is 4.74 Å². The van der Waals surface area contributed by atoms with Crippen LogP contribution in [0.3, 0.4) is 0 Å². The second-order valence-electron chi connectivity index (χ2n) is 5.02. The van der Waals surface area contributed by atoms with Crippen LogP contribution in [0.4, 0.5) is 0 Å². The highest BCUT2D eigenvalue weighted by atomic mass is 79.9. The number of methoxy groups -OCH3 is 1. The number of carbonyl (C=O) groups is 2. The van der Waals surface area contributed by atoms with E-state index in [0.29, 0.717) is 5.56 Å². The first-order valence-electron chi connectivity index (χ1n) is 7.00. The second kappa shape index (κ2) is 7.90. The van der Waals surface area contributed by atoms with Gasteiger partial charge >= 0.3 is 5.97 Å². The van der Waals surface area contributed by atoms with E-state index in [0.717, 1.165) is 10.0 Å². The van der Waals surface area contributed by atoms with Crippen molar-refractivity contribution in [3.8, 4) is 0 Å². The molecule has 0 saturated heterocycles. The molecule has 22 heavy (non-hydrogen) atoms. The first kappa shape index (κ1) is 16.4. The minimum Gasteiger partial charge on any atom is -0.469 e. The smallest absolute Gasteiger partial charge is 0.306 e. The number of hydrogen-bond acceptors (Lipinski definition) is 3. The SMILES string of the molecule is COC(=O)CC(CC(=O)c1ccc(Br)cc1)c1ccccc1. The molecule has 2 aromatic rings. The normalized spacial score (nSPS) is 11.7. The molecule has 0 aliphatic heterocycles. The van der Waals surface area contributed by atoms with Crippen molar-refractivity contribution in [1.29, 1.82) is 0 Å². The first-order valence-corrected chi connectivity index (χ1v) is 7.80. The molecule has 0 N–H and O–H groups in total. The van der Waals surface area contributed by atoms with Gasteiger partial charge < -0.3 is 4.74 Å². The van der Waals surface area contributed by atoms with Crippen molar-refractivity contribution in [3.05, 3.63) is 70.2 Å². The number of rotatable bonds is 6. The lowest BCUT2D eigenvalue weighted by molar-refractivity contribution is -0.141. The number of ketones is 1. The Hall–Kier alpha value is -1.94. The summed E-state index contributed by atoms with van der Waals surface area (Å²) in [4.78, 5) is 24.1. The molecule has 3 nitrogen and oxygen atoms in total. The summed E-state index contributed by atoms with van der Waals surface area (Å²) in [6.45, 7) is 0. The molecule has 4 heteroatoms. The Morgan fingerprint density at radius 3 is 2.23 bits per heavy atom. The van der Waals surface area contributed by atoms with E-state index >= 15 is 0 Å². The van der Waals surface area contributed by atoms with E-state index in [2.05, 4.69) is 15.9 Å². The van der Waals surface area contributed by atoms with E-state index in [-0.39, 0.29) is 30.5 Å². The Bertz CT molecular complexity index is 635. The number of ether oxygens (including phenoxy) is 1. The van der Waals surface area contributed by atoms with Crippen LogP contribution < -0.4 is 0 Å². The predicted octanol–water partition coefficient (Wildman–Crippen LogP) is 4.37. The number of benzene rings is 2. The molecular formula is C18H17BrO3. The van der Waals surface area contributed by atoms with Gasteiger partial charge in [0.05, 0.1) is 13.5 Å². The Morgan fingerprint density at radius 1 is 1.00 bits per heavy atom. The van der Waals surface area contributed by atoms with Crippen LogP contribution in [0, 0.1) is 0 Å². The third kappa shape index (κ3) is 4.53. The van der Waals surface area contributed by atoms with Crippen molar-refractivity contribution in [2.75, 3.05) is 7.11 Å². The first-order chi connectivity index (χ1) is 10.6. The van der Waals surface area contributed by atoms with Gasteiger partial charge in [-0.2, -0.15) is 0 Å². The third-order valence-corrected chi connectivity index (χ3v) is 4.04. The average Bonchev–Trinajstić information content (AvgIpc) is 2.55. The van der Waals surface area contributed by atoms with Gasteiger partial charge in [0.2, 0.25) is 0 Å². The van der Waals surface area contributed by atoms with Gasteiger partial charge in [0.1, 0.15) is 0 Å². The number of hydrogen-bond donors (Lipinski definition) is 0. The fraction of sp³-hybridized carbons (Fsp3) is 0.222. The molecule has 2 aromatic carbocycles. The van der Waals surface area contributed by atoms with Crippen LogP contribution in [-0.2, 0) is 9.53 Å². The van der Waals surface area contributed by atoms with Crippen LogP contribution in [0.1, 0.15) is 34.7 Å². The molecule has 0 aromatic heterocycles. The van der Waals surface area contributed by atoms with Crippen LogP contribution >= 0.6 is 15.9 Å². The Balaban J connectivity index is 2.17. The molecule has 0 saturated carbocycles.